The van der Waals surface area contributed by atoms with E-state index in [2.05, 4.69) is 57.5 Å². The summed E-state index contributed by atoms with van der Waals surface area (Å²) in [4.78, 5) is 9.45. The first-order valence-electron chi connectivity index (χ1n) is 9.92. The molecule has 0 aromatic heterocycles. The van der Waals surface area contributed by atoms with Gasteiger partial charge in [0.25, 0.3) is 0 Å². The summed E-state index contributed by atoms with van der Waals surface area (Å²) in [7, 11) is 4.16. The largest absolute Gasteiger partial charge is 0.356 e. The van der Waals surface area contributed by atoms with Gasteiger partial charge in [-0.15, -0.1) is 24.0 Å². The molecule has 0 spiro atoms. The van der Waals surface area contributed by atoms with Crippen LogP contribution in [0.25, 0.3) is 0 Å². The Morgan fingerprint density at radius 2 is 1.81 bits per heavy atom. The Hall–Kier alpha value is -0.820. The molecule has 1 atom stereocenters. The average molecular weight is 470 g/mol. The number of halogens is 1. The molecule has 3 rings (SSSR count). The SMILES string of the molecule is CN=C(NCC1CCCN(C)C1)N1CCC(Cc2ccccc2)CC1.I. The van der Waals surface area contributed by atoms with Crippen molar-refractivity contribution in [1.82, 2.24) is 15.1 Å². The highest BCUT2D eigenvalue weighted by Gasteiger charge is 2.23. The summed E-state index contributed by atoms with van der Waals surface area (Å²) >= 11 is 0. The third-order valence-corrected chi connectivity index (χ3v) is 5.76. The number of hydrogen-bond donors (Lipinski definition) is 1. The molecule has 4 nitrogen and oxygen atoms in total. The first-order valence-corrected chi connectivity index (χ1v) is 9.92. The van der Waals surface area contributed by atoms with Gasteiger partial charge in [-0.05, 0) is 63.1 Å². The van der Waals surface area contributed by atoms with E-state index < -0.39 is 0 Å². The molecule has 1 aromatic rings. The maximum Gasteiger partial charge on any atom is 0.193 e. The number of nitrogens with one attached hydrogen (secondary N) is 1. The molecule has 0 radical (unpaired) electrons. The number of hydrogen-bond acceptors (Lipinski definition) is 2. The Morgan fingerprint density at radius 3 is 2.46 bits per heavy atom. The molecule has 2 fully saturated rings. The summed E-state index contributed by atoms with van der Waals surface area (Å²) in [6.45, 7) is 5.77. The van der Waals surface area contributed by atoms with E-state index in [1.165, 1.54) is 50.8 Å². The highest BCUT2D eigenvalue weighted by molar-refractivity contribution is 14.0. The second-order valence-electron chi connectivity index (χ2n) is 7.82. The van der Waals surface area contributed by atoms with Crippen LogP contribution in [0, 0.1) is 11.8 Å². The molecule has 1 N–H and O–H groups in total. The van der Waals surface area contributed by atoms with E-state index in [9.17, 15) is 0 Å². The van der Waals surface area contributed by atoms with Crippen LogP contribution in [0.2, 0.25) is 0 Å². The lowest BCUT2D eigenvalue weighted by Crippen LogP contribution is -2.48. The Balaban J connectivity index is 0.00000243. The van der Waals surface area contributed by atoms with E-state index in [-0.39, 0.29) is 24.0 Å². The van der Waals surface area contributed by atoms with Crippen molar-refractivity contribution in [2.75, 3.05) is 46.8 Å². The highest BCUT2D eigenvalue weighted by atomic mass is 127. The van der Waals surface area contributed by atoms with Crippen molar-refractivity contribution >= 4 is 29.9 Å². The number of aliphatic imine (C=N–C) groups is 1. The number of nitrogens with zero attached hydrogens (tertiary/aromatic N) is 3. The van der Waals surface area contributed by atoms with Gasteiger partial charge in [0.05, 0.1) is 0 Å². The van der Waals surface area contributed by atoms with Crippen molar-refractivity contribution in [2.45, 2.75) is 32.1 Å². The molecule has 0 saturated carbocycles. The zero-order chi connectivity index (χ0) is 17.5. The van der Waals surface area contributed by atoms with Crippen LogP contribution in [0.15, 0.2) is 35.3 Å². The zero-order valence-electron chi connectivity index (χ0n) is 16.4. The Morgan fingerprint density at radius 1 is 1.08 bits per heavy atom. The molecule has 0 aliphatic carbocycles. The summed E-state index contributed by atoms with van der Waals surface area (Å²) in [6.07, 6.45) is 6.42. The van der Waals surface area contributed by atoms with Gasteiger partial charge in [0, 0.05) is 33.2 Å². The second-order valence-corrected chi connectivity index (χ2v) is 7.82. The van der Waals surface area contributed by atoms with E-state index in [1.54, 1.807) is 0 Å². The third-order valence-electron chi connectivity index (χ3n) is 5.76. The molecular formula is C21H35IN4. The van der Waals surface area contributed by atoms with Crippen LogP contribution in [-0.2, 0) is 6.42 Å². The van der Waals surface area contributed by atoms with Crippen LogP contribution >= 0.6 is 24.0 Å². The summed E-state index contributed by atoms with van der Waals surface area (Å²) in [6, 6.07) is 10.9. The van der Waals surface area contributed by atoms with E-state index in [4.69, 9.17) is 0 Å². The molecule has 1 aromatic carbocycles. The molecule has 2 aliphatic rings. The minimum atomic E-state index is 0. The highest BCUT2D eigenvalue weighted by Crippen LogP contribution is 2.22. The fraction of sp³-hybridized carbons (Fsp3) is 0.667. The predicted molar refractivity (Wildman–Crippen MR) is 121 cm³/mol. The lowest BCUT2D eigenvalue weighted by molar-refractivity contribution is 0.207. The van der Waals surface area contributed by atoms with E-state index in [1.807, 2.05) is 7.05 Å². The van der Waals surface area contributed by atoms with Gasteiger partial charge in [-0.2, -0.15) is 0 Å². The Bertz CT molecular complexity index is 540. The van der Waals surface area contributed by atoms with Crippen LogP contribution in [0.4, 0.5) is 0 Å². The first-order chi connectivity index (χ1) is 12.2. The molecular weight excluding hydrogens is 435 g/mol. The van der Waals surface area contributed by atoms with Gasteiger partial charge in [-0.3, -0.25) is 4.99 Å². The molecule has 2 heterocycles. The predicted octanol–water partition coefficient (Wildman–Crippen LogP) is 3.48. The van der Waals surface area contributed by atoms with Crippen molar-refractivity contribution in [3.05, 3.63) is 35.9 Å². The zero-order valence-corrected chi connectivity index (χ0v) is 18.7. The number of likely N-dealkylation sites (tertiary alicyclic amines) is 2. The van der Waals surface area contributed by atoms with Crippen LogP contribution in [0.5, 0.6) is 0 Å². The van der Waals surface area contributed by atoms with Gasteiger partial charge in [0.15, 0.2) is 5.96 Å². The Labute approximate surface area is 176 Å². The summed E-state index contributed by atoms with van der Waals surface area (Å²) in [5, 5.41) is 3.64. The number of guanidine groups is 1. The van der Waals surface area contributed by atoms with Crippen molar-refractivity contribution in [3.63, 3.8) is 0 Å². The van der Waals surface area contributed by atoms with Gasteiger partial charge in [-0.1, -0.05) is 30.3 Å². The summed E-state index contributed by atoms with van der Waals surface area (Å²) in [5.41, 5.74) is 1.48. The average Bonchev–Trinajstić information content (AvgIpc) is 2.64. The third kappa shape index (κ3) is 6.41. The molecule has 0 bridgehead atoms. The number of rotatable bonds is 4. The van der Waals surface area contributed by atoms with Crippen LogP contribution in [0.3, 0.4) is 0 Å². The smallest absolute Gasteiger partial charge is 0.193 e. The number of benzene rings is 1. The molecule has 26 heavy (non-hydrogen) atoms. The monoisotopic (exact) mass is 470 g/mol. The quantitative estimate of drug-likeness (QED) is 0.416. The summed E-state index contributed by atoms with van der Waals surface area (Å²) in [5.74, 6) is 2.67. The standard InChI is InChI=1S/C21H34N4.HI/c1-22-21(23-16-20-9-6-12-24(2)17-20)25-13-10-19(11-14-25)15-18-7-4-3-5-8-18;/h3-5,7-8,19-20H,6,9-17H2,1-2H3,(H,22,23);1H. The van der Waals surface area contributed by atoms with Crippen LogP contribution in [-0.4, -0.2) is 62.6 Å². The molecule has 0 amide bonds. The lowest BCUT2D eigenvalue weighted by Gasteiger charge is -2.36. The molecule has 5 heteroatoms. The maximum absolute atomic E-state index is 4.54. The van der Waals surface area contributed by atoms with Crippen LogP contribution < -0.4 is 5.32 Å². The first kappa shape index (κ1) is 21.5. The second kappa shape index (κ2) is 11.1. The maximum atomic E-state index is 4.54. The van der Waals surface area contributed by atoms with E-state index in [0.717, 1.165) is 37.4 Å². The lowest BCUT2D eigenvalue weighted by atomic mass is 9.90. The van der Waals surface area contributed by atoms with E-state index in [0.29, 0.717) is 0 Å². The molecule has 1 unspecified atom stereocenters. The fourth-order valence-corrected chi connectivity index (χ4v) is 4.30. The van der Waals surface area contributed by atoms with E-state index >= 15 is 0 Å². The van der Waals surface area contributed by atoms with Gasteiger partial charge in [0.1, 0.15) is 0 Å². The van der Waals surface area contributed by atoms with Gasteiger partial charge in [0.2, 0.25) is 0 Å². The summed E-state index contributed by atoms with van der Waals surface area (Å²) < 4.78 is 0. The van der Waals surface area contributed by atoms with Crippen LogP contribution in [0.1, 0.15) is 31.2 Å². The fourth-order valence-electron chi connectivity index (χ4n) is 4.30. The van der Waals surface area contributed by atoms with Crippen molar-refractivity contribution in [1.29, 1.82) is 0 Å². The number of piperidine rings is 2. The van der Waals surface area contributed by atoms with Crippen molar-refractivity contribution in [2.24, 2.45) is 16.8 Å². The topological polar surface area (TPSA) is 30.9 Å². The normalized spacial score (nSPS) is 22.8. The Kier molecular flexibility index (Phi) is 9.19. The van der Waals surface area contributed by atoms with Gasteiger partial charge >= 0.3 is 0 Å². The molecule has 2 saturated heterocycles. The minimum Gasteiger partial charge on any atom is -0.356 e. The van der Waals surface area contributed by atoms with Crippen molar-refractivity contribution < 1.29 is 0 Å². The van der Waals surface area contributed by atoms with Gasteiger partial charge < -0.3 is 15.1 Å². The van der Waals surface area contributed by atoms with Crippen molar-refractivity contribution in [3.8, 4) is 0 Å². The molecule has 146 valence electrons. The molecule has 2 aliphatic heterocycles. The minimum absolute atomic E-state index is 0. The van der Waals surface area contributed by atoms with Gasteiger partial charge in [-0.25, -0.2) is 0 Å².